The second-order valence-corrected chi connectivity index (χ2v) is 9.03. The Hall–Kier alpha value is -0.770. The molecule has 0 aromatic heterocycles. The third kappa shape index (κ3) is 1.60. The summed E-state index contributed by atoms with van der Waals surface area (Å²) in [5.74, 6) is 1.81. The SMILES string of the molecule is CN=C(NC1C2CCOC2C12CCC2)N1CC(C)(C)C1(C)C. The summed E-state index contributed by atoms with van der Waals surface area (Å²) >= 11 is 0. The van der Waals surface area contributed by atoms with Crippen LogP contribution >= 0.6 is 0 Å². The Labute approximate surface area is 134 Å². The molecule has 2 saturated carbocycles. The predicted octanol–water partition coefficient (Wildman–Crippen LogP) is 2.64. The fourth-order valence-electron chi connectivity index (χ4n) is 5.26. The van der Waals surface area contributed by atoms with E-state index < -0.39 is 0 Å². The highest BCUT2D eigenvalue weighted by atomic mass is 16.5. The number of likely N-dealkylation sites (tertiary alicyclic amines) is 1. The van der Waals surface area contributed by atoms with E-state index in [2.05, 4.69) is 42.9 Å². The maximum atomic E-state index is 6.04. The molecule has 0 radical (unpaired) electrons. The lowest BCUT2D eigenvalue weighted by molar-refractivity contribution is -0.173. The molecule has 3 atom stereocenters. The standard InChI is InChI=1S/C18H31N3O/c1-16(2)11-21(17(16,3)4)15(19-5)20-13-12-7-10-22-14(12)18(13)8-6-9-18/h12-14H,6-11H2,1-5H3,(H,19,20). The number of hydrogen-bond donors (Lipinski definition) is 1. The minimum absolute atomic E-state index is 0.164. The van der Waals surface area contributed by atoms with E-state index in [4.69, 9.17) is 4.74 Å². The van der Waals surface area contributed by atoms with Gasteiger partial charge in [0.1, 0.15) is 0 Å². The molecule has 4 aliphatic rings. The minimum atomic E-state index is 0.164. The second kappa shape index (κ2) is 4.40. The van der Waals surface area contributed by atoms with Gasteiger partial charge in [-0.05, 0) is 33.1 Å². The van der Waals surface area contributed by atoms with Crippen molar-refractivity contribution in [2.75, 3.05) is 20.2 Å². The van der Waals surface area contributed by atoms with E-state index in [0.717, 1.165) is 19.1 Å². The Kier molecular flexibility index (Phi) is 2.96. The summed E-state index contributed by atoms with van der Waals surface area (Å²) in [5, 5.41) is 3.86. The molecule has 4 fully saturated rings. The molecule has 0 aromatic rings. The zero-order chi connectivity index (χ0) is 15.8. The van der Waals surface area contributed by atoms with Crippen molar-refractivity contribution in [2.45, 2.75) is 71.1 Å². The van der Waals surface area contributed by atoms with E-state index in [9.17, 15) is 0 Å². The van der Waals surface area contributed by atoms with Crippen molar-refractivity contribution >= 4 is 5.96 Å². The Balaban J connectivity index is 1.51. The van der Waals surface area contributed by atoms with E-state index in [1.807, 2.05) is 7.05 Å². The first kappa shape index (κ1) is 14.8. The fraction of sp³-hybridized carbons (Fsp3) is 0.944. The third-order valence-corrected chi connectivity index (χ3v) is 7.67. The molecule has 2 aliphatic carbocycles. The monoisotopic (exact) mass is 305 g/mol. The maximum Gasteiger partial charge on any atom is 0.194 e. The summed E-state index contributed by atoms with van der Waals surface area (Å²) in [7, 11) is 1.93. The number of aliphatic imine (C=N–C) groups is 1. The maximum absolute atomic E-state index is 6.04. The van der Waals surface area contributed by atoms with Crippen molar-refractivity contribution in [3.05, 3.63) is 0 Å². The summed E-state index contributed by atoms with van der Waals surface area (Å²) < 4.78 is 6.04. The zero-order valence-electron chi connectivity index (χ0n) is 14.8. The van der Waals surface area contributed by atoms with Crippen LogP contribution in [0, 0.1) is 16.7 Å². The number of fused-ring (bicyclic) bond motifs is 2. The number of ether oxygens (including phenoxy) is 1. The van der Waals surface area contributed by atoms with Gasteiger partial charge in [-0.2, -0.15) is 0 Å². The lowest BCUT2D eigenvalue weighted by Gasteiger charge is -2.66. The molecule has 0 aromatic carbocycles. The summed E-state index contributed by atoms with van der Waals surface area (Å²) in [4.78, 5) is 7.08. The van der Waals surface area contributed by atoms with Gasteiger partial charge in [0.2, 0.25) is 0 Å². The number of hydrogen-bond acceptors (Lipinski definition) is 2. The lowest BCUT2D eigenvalue weighted by atomic mass is 9.46. The average Bonchev–Trinajstić information content (AvgIpc) is 2.81. The zero-order valence-corrected chi connectivity index (χ0v) is 14.8. The highest BCUT2D eigenvalue weighted by Gasteiger charge is 2.67. The van der Waals surface area contributed by atoms with Crippen LogP contribution in [0.5, 0.6) is 0 Å². The van der Waals surface area contributed by atoms with E-state index in [1.54, 1.807) is 0 Å². The Morgan fingerprint density at radius 2 is 1.95 bits per heavy atom. The van der Waals surface area contributed by atoms with Crippen molar-refractivity contribution in [3.63, 3.8) is 0 Å². The molecule has 2 aliphatic heterocycles. The summed E-state index contributed by atoms with van der Waals surface area (Å²) in [6.45, 7) is 11.4. The summed E-state index contributed by atoms with van der Waals surface area (Å²) in [6.07, 6.45) is 5.77. The molecule has 0 amide bonds. The molecule has 1 N–H and O–H groups in total. The van der Waals surface area contributed by atoms with Gasteiger partial charge in [-0.1, -0.05) is 20.3 Å². The largest absolute Gasteiger partial charge is 0.377 e. The Morgan fingerprint density at radius 1 is 1.23 bits per heavy atom. The van der Waals surface area contributed by atoms with Crippen LogP contribution in [-0.4, -0.2) is 48.7 Å². The van der Waals surface area contributed by atoms with Crippen LogP contribution in [0.1, 0.15) is 53.4 Å². The Bertz CT molecular complexity index is 506. The van der Waals surface area contributed by atoms with Gasteiger partial charge in [0, 0.05) is 48.5 Å². The number of rotatable bonds is 1. The van der Waals surface area contributed by atoms with Crippen LogP contribution in [0.3, 0.4) is 0 Å². The molecule has 4 heteroatoms. The molecule has 2 saturated heterocycles. The number of guanidine groups is 1. The third-order valence-electron chi connectivity index (χ3n) is 7.67. The number of nitrogens with zero attached hydrogens (tertiary/aromatic N) is 2. The van der Waals surface area contributed by atoms with Gasteiger partial charge in [0.05, 0.1) is 6.10 Å². The van der Waals surface area contributed by atoms with Gasteiger partial charge in [-0.25, -0.2) is 0 Å². The summed E-state index contributed by atoms with van der Waals surface area (Å²) in [5.41, 5.74) is 0.927. The van der Waals surface area contributed by atoms with E-state index in [0.29, 0.717) is 28.9 Å². The van der Waals surface area contributed by atoms with Crippen LogP contribution in [0.2, 0.25) is 0 Å². The van der Waals surface area contributed by atoms with Gasteiger partial charge in [-0.15, -0.1) is 0 Å². The first-order valence-electron chi connectivity index (χ1n) is 8.96. The van der Waals surface area contributed by atoms with Crippen LogP contribution in [0.15, 0.2) is 4.99 Å². The average molecular weight is 305 g/mol. The molecule has 3 unspecified atom stereocenters. The second-order valence-electron chi connectivity index (χ2n) is 9.03. The van der Waals surface area contributed by atoms with Crippen molar-refractivity contribution in [3.8, 4) is 0 Å². The quantitative estimate of drug-likeness (QED) is 0.598. The molecule has 124 valence electrons. The topological polar surface area (TPSA) is 36.9 Å². The Morgan fingerprint density at radius 3 is 2.45 bits per heavy atom. The highest BCUT2D eigenvalue weighted by Crippen LogP contribution is 2.63. The molecular formula is C18H31N3O. The van der Waals surface area contributed by atoms with E-state index in [-0.39, 0.29) is 5.54 Å². The lowest BCUT2D eigenvalue weighted by Crippen LogP contribution is -2.77. The van der Waals surface area contributed by atoms with Gasteiger partial charge >= 0.3 is 0 Å². The van der Waals surface area contributed by atoms with Crippen LogP contribution in [-0.2, 0) is 4.74 Å². The molecule has 1 spiro atoms. The van der Waals surface area contributed by atoms with E-state index >= 15 is 0 Å². The molecule has 0 bridgehead atoms. The first-order valence-corrected chi connectivity index (χ1v) is 8.96. The molecule has 2 heterocycles. The van der Waals surface area contributed by atoms with Gasteiger partial charge in [-0.3, -0.25) is 4.99 Å². The molecule has 4 rings (SSSR count). The van der Waals surface area contributed by atoms with Crippen molar-refractivity contribution in [1.82, 2.24) is 10.2 Å². The summed E-state index contributed by atoms with van der Waals surface area (Å²) in [6, 6.07) is 0.576. The van der Waals surface area contributed by atoms with Crippen LogP contribution < -0.4 is 5.32 Å². The van der Waals surface area contributed by atoms with Crippen molar-refractivity contribution in [1.29, 1.82) is 0 Å². The van der Waals surface area contributed by atoms with Gasteiger partial charge in [0.25, 0.3) is 0 Å². The number of nitrogens with one attached hydrogen (secondary N) is 1. The highest BCUT2D eigenvalue weighted by molar-refractivity contribution is 5.82. The normalized spacial score (nSPS) is 40.5. The predicted molar refractivity (Wildman–Crippen MR) is 89.0 cm³/mol. The van der Waals surface area contributed by atoms with Crippen LogP contribution in [0.25, 0.3) is 0 Å². The van der Waals surface area contributed by atoms with Gasteiger partial charge in [0.15, 0.2) is 5.96 Å². The molecule has 22 heavy (non-hydrogen) atoms. The van der Waals surface area contributed by atoms with Crippen molar-refractivity contribution in [2.24, 2.45) is 21.7 Å². The molecule has 4 nitrogen and oxygen atoms in total. The molecular weight excluding hydrogens is 274 g/mol. The van der Waals surface area contributed by atoms with Crippen LogP contribution in [0.4, 0.5) is 0 Å². The van der Waals surface area contributed by atoms with E-state index in [1.165, 1.54) is 25.7 Å². The minimum Gasteiger partial charge on any atom is -0.377 e. The smallest absolute Gasteiger partial charge is 0.194 e. The van der Waals surface area contributed by atoms with Crippen molar-refractivity contribution < 1.29 is 4.74 Å². The van der Waals surface area contributed by atoms with Gasteiger partial charge < -0.3 is 15.0 Å². The first-order chi connectivity index (χ1) is 10.3. The fourth-order valence-corrected chi connectivity index (χ4v) is 5.26.